The molecule has 0 saturated carbocycles. The summed E-state index contributed by atoms with van der Waals surface area (Å²) in [5.74, 6) is 1.61. The van der Waals surface area contributed by atoms with Crippen LogP contribution in [0.2, 0.25) is 0 Å². The summed E-state index contributed by atoms with van der Waals surface area (Å²) in [6.07, 6.45) is 2.75. The lowest BCUT2D eigenvalue weighted by Gasteiger charge is -2.47. The Morgan fingerprint density at radius 3 is 2.71 bits per heavy atom. The number of halogens is 1. The minimum Gasteiger partial charge on any atom is -0.484 e. The first kappa shape index (κ1) is 17.5. The van der Waals surface area contributed by atoms with Crippen molar-refractivity contribution in [1.82, 2.24) is 10.1 Å². The number of likely N-dealkylation sites (tertiary alicyclic amines) is 1. The Morgan fingerprint density at radius 2 is 1.93 bits per heavy atom. The summed E-state index contributed by atoms with van der Waals surface area (Å²) in [4.78, 5) is 2.39. The van der Waals surface area contributed by atoms with Crippen molar-refractivity contribution in [3.63, 3.8) is 0 Å². The van der Waals surface area contributed by atoms with Gasteiger partial charge in [-0.1, -0.05) is 24.2 Å². The zero-order valence-corrected chi connectivity index (χ0v) is 15.9. The molecule has 0 bridgehead atoms. The molecule has 2 aliphatic rings. The van der Waals surface area contributed by atoms with Crippen LogP contribution in [0.3, 0.4) is 0 Å². The highest BCUT2D eigenvalue weighted by Crippen LogP contribution is 2.41. The smallest absolute Gasteiger partial charge is 0.197 e. The summed E-state index contributed by atoms with van der Waals surface area (Å²) in [5.41, 5.74) is 1.02. The fourth-order valence-corrected chi connectivity index (χ4v) is 4.42. The zero-order chi connectivity index (χ0) is 19.1. The van der Waals surface area contributed by atoms with Gasteiger partial charge in [-0.2, -0.15) is 0 Å². The first-order valence-electron chi connectivity index (χ1n) is 9.89. The number of aromatic nitrogens is 1. The fraction of sp³-hybridized carbons (Fsp3) is 0.409. The highest BCUT2D eigenvalue weighted by molar-refractivity contribution is 5.79. The molecular weight excluding hydrogens is 359 g/mol. The van der Waals surface area contributed by atoms with Crippen LogP contribution in [0.25, 0.3) is 11.0 Å². The molecule has 0 amide bonds. The number of piperidine rings is 1. The Labute approximate surface area is 163 Å². The highest BCUT2D eigenvalue weighted by Gasteiger charge is 2.43. The SMILES string of the molecule is CCC1(N2CCC(c3noc4cc(F)ccc34)CC2)COc2ccccc2O1. The molecule has 2 aliphatic heterocycles. The number of hydrogen-bond donors (Lipinski definition) is 0. The predicted octanol–water partition coefficient (Wildman–Crippen LogP) is 4.72. The van der Waals surface area contributed by atoms with E-state index in [9.17, 15) is 4.39 Å². The molecule has 28 heavy (non-hydrogen) atoms. The Hall–Kier alpha value is -2.60. The van der Waals surface area contributed by atoms with Crippen molar-refractivity contribution in [2.24, 2.45) is 0 Å². The van der Waals surface area contributed by atoms with Crippen molar-refractivity contribution in [1.29, 1.82) is 0 Å². The van der Waals surface area contributed by atoms with Crippen LogP contribution in [0.4, 0.5) is 4.39 Å². The number of rotatable bonds is 3. The number of hydrogen-bond acceptors (Lipinski definition) is 5. The van der Waals surface area contributed by atoms with E-state index in [0.29, 0.717) is 18.1 Å². The van der Waals surface area contributed by atoms with E-state index >= 15 is 0 Å². The molecular formula is C22H23FN2O3. The van der Waals surface area contributed by atoms with Gasteiger partial charge in [0, 0.05) is 36.9 Å². The summed E-state index contributed by atoms with van der Waals surface area (Å²) < 4.78 is 31.2. The molecule has 5 nitrogen and oxygen atoms in total. The van der Waals surface area contributed by atoms with Gasteiger partial charge >= 0.3 is 0 Å². The summed E-state index contributed by atoms with van der Waals surface area (Å²) in [7, 11) is 0. The van der Waals surface area contributed by atoms with Crippen LogP contribution >= 0.6 is 0 Å². The first-order valence-corrected chi connectivity index (χ1v) is 9.89. The molecule has 3 aromatic rings. The zero-order valence-electron chi connectivity index (χ0n) is 15.9. The van der Waals surface area contributed by atoms with Gasteiger partial charge in [0.15, 0.2) is 22.8 Å². The van der Waals surface area contributed by atoms with Crippen molar-refractivity contribution in [2.75, 3.05) is 19.7 Å². The van der Waals surface area contributed by atoms with Gasteiger partial charge in [-0.25, -0.2) is 4.39 Å². The molecule has 1 fully saturated rings. The third-order valence-electron chi connectivity index (χ3n) is 6.07. The summed E-state index contributed by atoms with van der Waals surface area (Å²) in [6, 6.07) is 12.5. The molecule has 0 N–H and O–H groups in total. The number of nitrogens with zero attached hydrogens (tertiary/aromatic N) is 2. The maximum atomic E-state index is 13.4. The normalized spacial score (nSPS) is 23.2. The van der Waals surface area contributed by atoms with Gasteiger partial charge < -0.3 is 14.0 Å². The van der Waals surface area contributed by atoms with E-state index in [1.807, 2.05) is 24.3 Å². The largest absolute Gasteiger partial charge is 0.484 e. The molecule has 3 heterocycles. The summed E-state index contributed by atoms with van der Waals surface area (Å²) in [6.45, 7) is 4.44. The molecule has 0 spiro atoms. The average Bonchev–Trinajstić information content (AvgIpc) is 3.16. The van der Waals surface area contributed by atoms with E-state index in [4.69, 9.17) is 14.0 Å². The first-order chi connectivity index (χ1) is 13.7. The molecule has 6 heteroatoms. The second-order valence-corrected chi connectivity index (χ2v) is 7.61. The maximum absolute atomic E-state index is 13.4. The van der Waals surface area contributed by atoms with E-state index in [0.717, 1.165) is 54.9 Å². The van der Waals surface area contributed by atoms with Crippen LogP contribution in [-0.4, -0.2) is 35.5 Å². The number of para-hydroxylation sites is 2. The van der Waals surface area contributed by atoms with Crippen LogP contribution in [0, 0.1) is 5.82 Å². The summed E-state index contributed by atoms with van der Waals surface area (Å²) >= 11 is 0. The Morgan fingerprint density at radius 1 is 1.14 bits per heavy atom. The second-order valence-electron chi connectivity index (χ2n) is 7.61. The predicted molar refractivity (Wildman–Crippen MR) is 103 cm³/mol. The lowest BCUT2D eigenvalue weighted by Crippen LogP contribution is -2.60. The third kappa shape index (κ3) is 2.83. The van der Waals surface area contributed by atoms with E-state index in [1.165, 1.54) is 12.1 Å². The van der Waals surface area contributed by atoms with Gasteiger partial charge in [-0.3, -0.25) is 4.90 Å². The van der Waals surface area contributed by atoms with Crippen molar-refractivity contribution in [2.45, 2.75) is 37.8 Å². The highest BCUT2D eigenvalue weighted by atomic mass is 19.1. The average molecular weight is 382 g/mol. The van der Waals surface area contributed by atoms with Gasteiger partial charge in [0.1, 0.15) is 12.4 Å². The summed E-state index contributed by atoms with van der Waals surface area (Å²) in [5, 5.41) is 5.16. The molecule has 0 aliphatic carbocycles. The van der Waals surface area contributed by atoms with Crippen molar-refractivity contribution >= 4 is 11.0 Å². The molecule has 1 saturated heterocycles. The van der Waals surface area contributed by atoms with Crippen molar-refractivity contribution in [3.8, 4) is 11.5 Å². The van der Waals surface area contributed by atoms with E-state index in [-0.39, 0.29) is 5.82 Å². The van der Waals surface area contributed by atoms with Gasteiger partial charge in [-0.05, 0) is 37.1 Å². The van der Waals surface area contributed by atoms with E-state index in [1.54, 1.807) is 6.07 Å². The number of fused-ring (bicyclic) bond motifs is 2. The molecule has 2 aromatic carbocycles. The van der Waals surface area contributed by atoms with Gasteiger partial charge in [-0.15, -0.1) is 0 Å². The molecule has 0 radical (unpaired) electrons. The molecule has 1 atom stereocenters. The Balaban J connectivity index is 1.34. The third-order valence-corrected chi connectivity index (χ3v) is 6.07. The van der Waals surface area contributed by atoms with E-state index < -0.39 is 5.72 Å². The number of benzene rings is 2. The van der Waals surface area contributed by atoms with Gasteiger partial charge in [0.05, 0.1) is 5.69 Å². The molecule has 146 valence electrons. The van der Waals surface area contributed by atoms with Crippen LogP contribution < -0.4 is 9.47 Å². The van der Waals surface area contributed by atoms with Gasteiger partial charge in [0.25, 0.3) is 0 Å². The quantitative estimate of drug-likeness (QED) is 0.656. The minimum atomic E-state index is -0.436. The lowest BCUT2D eigenvalue weighted by atomic mass is 9.90. The number of ether oxygens (including phenoxy) is 2. The Kier molecular flexibility index (Phi) is 4.23. The van der Waals surface area contributed by atoms with E-state index in [2.05, 4.69) is 17.0 Å². The standard InChI is InChI=1S/C22H23FN2O3/c1-2-22(14-26-18-5-3-4-6-19(18)27-22)25-11-9-15(10-12-25)21-17-8-7-16(23)13-20(17)28-24-21/h3-8,13,15H,2,9-12,14H2,1H3. The van der Waals surface area contributed by atoms with Gasteiger partial charge in [0.2, 0.25) is 0 Å². The van der Waals surface area contributed by atoms with Crippen LogP contribution in [0.1, 0.15) is 37.8 Å². The second kappa shape index (κ2) is 6.78. The van der Waals surface area contributed by atoms with Crippen molar-refractivity contribution in [3.05, 3.63) is 54.0 Å². The fourth-order valence-electron chi connectivity index (χ4n) is 4.42. The minimum absolute atomic E-state index is 0.300. The topological polar surface area (TPSA) is 47.7 Å². The van der Waals surface area contributed by atoms with Crippen LogP contribution in [0.5, 0.6) is 11.5 Å². The lowest BCUT2D eigenvalue weighted by molar-refractivity contribution is -0.138. The maximum Gasteiger partial charge on any atom is 0.197 e. The van der Waals surface area contributed by atoms with Crippen molar-refractivity contribution < 1.29 is 18.4 Å². The molecule has 1 aromatic heterocycles. The monoisotopic (exact) mass is 382 g/mol. The van der Waals surface area contributed by atoms with Crippen LogP contribution in [-0.2, 0) is 0 Å². The molecule has 1 unspecified atom stereocenters. The Bertz CT molecular complexity index is 996. The van der Waals surface area contributed by atoms with Crippen LogP contribution in [0.15, 0.2) is 47.0 Å². The molecule has 5 rings (SSSR count).